The molecule has 0 saturated carbocycles. The molecule has 11 rings (SSSR count). The predicted octanol–water partition coefficient (Wildman–Crippen LogP) is 13.2. The van der Waals surface area contributed by atoms with Crippen molar-refractivity contribution in [2.75, 3.05) is 0 Å². The molecule has 246 valence electrons. The topological polar surface area (TPSA) is 17.3 Å². The molecular weight excluding hydrogens is 648 g/mol. The van der Waals surface area contributed by atoms with Crippen LogP contribution in [0.15, 0.2) is 169 Å². The van der Waals surface area contributed by atoms with Gasteiger partial charge in [-0.2, -0.15) is 0 Å². The number of allylic oxidation sites excluding steroid dienone is 1. The fourth-order valence-corrected chi connectivity index (χ4v) is 10.5. The summed E-state index contributed by atoms with van der Waals surface area (Å²) >= 11 is 0. The number of hydrogen-bond donors (Lipinski definition) is 0. The molecule has 0 saturated heterocycles. The van der Waals surface area contributed by atoms with E-state index in [1.807, 2.05) is 0 Å². The quantitative estimate of drug-likeness (QED) is 0.130. The molecule has 1 aromatic heterocycles. The fraction of sp³-hybridized carbons (Fsp3) is 0.0816. The predicted molar refractivity (Wildman–Crippen MR) is 224 cm³/mol. The van der Waals surface area contributed by atoms with Crippen LogP contribution in [0, 0.1) is 0 Å². The summed E-state index contributed by atoms with van der Waals surface area (Å²) in [6.07, 6.45) is 2.35. The van der Waals surface area contributed by atoms with E-state index >= 15 is 0 Å². The zero-order chi connectivity index (χ0) is 34.6. The number of benzene rings is 8. The molecule has 2 nitrogen and oxygen atoms in total. The summed E-state index contributed by atoms with van der Waals surface area (Å²) in [5.41, 5.74) is 12.7. The second kappa shape index (κ2) is 11.1. The summed E-state index contributed by atoms with van der Waals surface area (Å²) in [5.74, 6) is -0.0174. The molecule has 0 N–H and O–H groups in total. The Bertz CT molecular complexity index is 2980. The summed E-state index contributed by atoms with van der Waals surface area (Å²) < 4.78 is 2.55. The molecule has 8 aromatic carbocycles. The summed E-state index contributed by atoms with van der Waals surface area (Å²) in [4.78, 5) is 5.54. The summed E-state index contributed by atoms with van der Waals surface area (Å²) in [6, 6.07) is 58.3. The van der Waals surface area contributed by atoms with Crippen LogP contribution in [0.1, 0.15) is 41.9 Å². The van der Waals surface area contributed by atoms with Crippen molar-refractivity contribution in [3.63, 3.8) is 0 Å². The Kier molecular flexibility index (Phi) is 6.37. The van der Waals surface area contributed by atoms with Gasteiger partial charge < -0.3 is 4.57 Å². The van der Waals surface area contributed by atoms with Gasteiger partial charge in [-0.05, 0) is 105 Å². The number of rotatable bonds is 3. The lowest BCUT2D eigenvalue weighted by atomic mass is 9.82. The van der Waals surface area contributed by atoms with Gasteiger partial charge in [-0.1, -0.05) is 147 Å². The highest BCUT2D eigenvalue weighted by Gasteiger charge is 2.36. The van der Waals surface area contributed by atoms with E-state index in [1.54, 1.807) is 0 Å². The number of para-hydroxylation sites is 1. The molecule has 0 bridgehead atoms. The lowest BCUT2D eigenvalue weighted by molar-refractivity contribution is 0.661. The van der Waals surface area contributed by atoms with Gasteiger partial charge in [0.2, 0.25) is 0 Å². The van der Waals surface area contributed by atoms with Crippen LogP contribution in [0.4, 0.5) is 0 Å². The summed E-state index contributed by atoms with van der Waals surface area (Å²) in [5, 5.41) is 10.4. The van der Waals surface area contributed by atoms with Gasteiger partial charge in [0.05, 0.1) is 22.5 Å². The van der Waals surface area contributed by atoms with Gasteiger partial charge >= 0.3 is 0 Å². The van der Waals surface area contributed by atoms with Gasteiger partial charge in [0.25, 0.3) is 0 Å². The number of aromatic nitrogens is 1. The maximum absolute atomic E-state index is 5.54. The largest absolute Gasteiger partial charge is 0.309 e. The second-order valence-electron chi connectivity index (χ2n) is 14.8. The van der Waals surface area contributed by atoms with E-state index in [9.17, 15) is 0 Å². The SMILES string of the molecule is CC1(C)c2ccccc2-c2cc3c4ccccc4n(C4=CC(c5ccccc5)=NC(c5ccc6c7ccccc7c7ccccc7c6c5)P4)c3cc21. The molecule has 0 amide bonds. The monoisotopic (exact) mass is 682 g/mol. The van der Waals surface area contributed by atoms with Crippen molar-refractivity contribution in [1.29, 1.82) is 0 Å². The number of nitrogens with zero attached hydrogens (tertiary/aromatic N) is 2. The molecule has 52 heavy (non-hydrogen) atoms. The smallest absolute Gasteiger partial charge is 0.0975 e. The third-order valence-corrected chi connectivity index (χ3v) is 13.0. The average Bonchev–Trinajstić information content (AvgIpc) is 3.65. The molecule has 1 aliphatic heterocycles. The lowest BCUT2D eigenvalue weighted by Crippen LogP contribution is -2.15. The van der Waals surface area contributed by atoms with Gasteiger partial charge in [-0.3, -0.25) is 4.99 Å². The van der Waals surface area contributed by atoms with Crippen molar-refractivity contribution in [3.05, 3.63) is 186 Å². The van der Waals surface area contributed by atoms with Crippen molar-refractivity contribution >= 4 is 73.9 Å². The standard InChI is InChI=1S/C49H35N2P/c1-49(2)42-22-12-10-20-37(42)40-27-41-38-21-11-13-23-45(38)51(46(41)28-43(40)49)47-29-44(30-14-4-3-5-15-30)50-48(52-47)31-24-25-36-34-18-7-6-16-32(34)33-17-8-9-19-35(33)39(36)26-31/h3-29,48,52H,1-2H3. The van der Waals surface area contributed by atoms with E-state index in [0.717, 1.165) is 11.3 Å². The Hall–Kier alpha value is -5.82. The zero-order valence-corrected chi connectivity index (χ0v) is 30.1. The third-order valence-electron chi connectivity index (χ3n) is 11.6. The van der Waals surface area contributed by atoms with Crippen LogP contribution in [0.2, 0.25) is 0 Å². The maximum atomic E-state index is 5.54. The molecule has 0 fully saturated rings. The minimum absolute atomic E-state index is 0.0174. The molecule has 9 aromatic rings. The van der Waals surface area contributed by atoms with Crippen molar-refractivity contribution < 1.29 is 0 Å². The molecule has 3 heteroatoms. The van der Waals surface area contributed by atoms with Crippen molar-refractivity contribution in [1.82, 2.24) is 4.57 Å². The van der Waals surface area contributed by atoms with Gasteiger partial charge in [0.15, 0.2) is 0 Å². The van der Waals surface area contributed by atoms with E-state index in [4.69, 9.17) is 4.99 Å². The van der Waals surface area contributed by atoms with Crippen LogP contribution in [-0.2, 0) is 5.41 Å². The lowest BCUT2D eigenvalue weighted by Gasteiger charge is -2.25. The highest BCUT2D eigenvalue weighted by atomic mass is 31.1. The normalized spacial score (nSPS) is 16.8. The van der Waals surface area contributed by atoms with Crippen LogP contribution in [0.3, 0.4) is 0 Å². The Morgan fingerprint density at radius 1 is 0.500 bits per heavy atom. The van der Waals surface area contributed by atoms with Gasteiger partial charge in [0, 0.05) is 21.6 Å². The van der Waals surface area contributed by atoms with Crippen molar-refractivity contribution in [2.24, 2.45) is 4.99 Å². The van der Waals surface area contributed by atoms with Crippen LogP contribution in [0.5, 0.6) is 0 Å². The number of aliphatic imine (C=N–C) groups is 1. The molecule has 2 unspecified atom stereocenters. The molecule has 1 aliphatic carbocycles. The zero-order valence-electron chi connectivity index (χ0n) is 29.1. The Morgan fingerprint density at radius 3 is 1.87 bits per heavy atom. The van der Waals surface area contributed by atoms with E-state index in [-0.39, 0.29) is 11.2 Å². The van der Waals surface area contributed by atoms with Crippen LogP contribution in [0.25, 0.3) is 70.7 Å². The first-order chi connectivity index (χ1) is 25.5. The van der Waals surface area contributed by atoms with Crippen LogP contribution < -0.4 is 0 Å². The van der Waals surface area contributed by atoms with Crippen LogP contribution in [-0.4, -0.2) is 10.3 Å². The highest BCUT2D eigenvalue weighted by Crippen LogP contribution is 2.54. The van der Waals surface area contributed by atoms with Gasteiger partial charge in [-0.15, -0.1) is 0 Å². The van der Waals surface area contributed by atoms with Crippen molar-refractivity contribution in [2.45, 2.75) is 25.0 Å². The highest BCUT2D eigenvalue weighted by molar-refractivity contribution is 7.50. The number of fused-ring (bicyclic) bond motifs is 12. The molecule has 2 heterocycles. The van der Waals surface area contributed by atoms with Gasteiger partial charge in [-0.25, -0.2) is 0 Å². The minimum Gasteiger partial charge on any atom is -0.309 e. The van der Waals surface area contributed by atoms with E-state index < -0.39 is 0 Å². The Balaban J connectivity index is 1.14. The minimum atomic E-state index is -0.0815. The molecular formula is C49H35N2P. The Morgan fingerprint density at radius 2 is 1.12 bits per heavy atom. The van der Waals surface area contributed by atoms with E-state index in [1.165, 1.54) is 87.4 Å². The maximum Gasteiger partial charge on any atom is 0.0975 e. The second-order valence-corrected chi connectivity index (χ2v) is 16.1. The summed E-state index contributed by atoms with van der Waals surface area (Å²) in [7, 11) is 0.443. The summed E-state index contributed by atoms with van der Waals surface area (Å²) in [6.45, 7) is 4.75. The van der Waals surface area contributed by atoms with Crippen molar-refractivity contribution in [3.8, 4) is 11.1 Å². The number of hydrogen-bond acceptors (Lipinski definition) is 1. The first kappa shape index (κ1) is 29.9. The third kappa shape index (κ3) is 4.25. The van der Waals surface area contributed by atoms with E-state index in [0.29, 0.717) is 8.58 Å². The van der Waals surface area contributed by atoms with E-state index in [2.05, 4.69) is 182 Å². The Labute approximate surface area is 304 Å². The molecule has 2 atom stereocenters. The average molecular weight is 683 g/mol. The molecule has 2 aliphatic rings. The van der Waals surface area contributed by atoms with Gasteiger partial charge in [0.1, 0.15) is 0 Å². The first-order valence-electron chi connectivity index (χ1n) is 18.2. The fourth-order valence-electron chi connectivity index (χ4n) is 9.09. The first-order valence-corrected chi connectivity index (χ1v) is 19.2. The van der Waals surface area contributed by atoms with Crippen LogP contribution >= 0.6 is 8.58 Å². The molecule has 0 radical (unpaired) electrons. The molecule has 0 spiro atoms.